The quantitative estimate of drug-likeness (QED) is 0.627. The van der Waals surface area contributed by atoms with Crippen LogP contribution in [0.15, 0.2) is 23.1 Å². The molecule has 25 heavy (non-hydrogen) atoms. The van der Waals surface area contributed by atoms with Crippen LogP contribution in [0.4, 0.5) is 5.82 Å². The Balaban J connectivity index is 1.82. The highest BCUT2D eigenvalue weighted by Crippen LogP contribution is 2.20. The van der Waals surface area contributed by atoms with Crippen molar-refractivity contribution in [2.24, 2.45) is 0 Å². The van der Waals surface area contributed by atoms with Gasteiger partial charge < -0.3 is 20.2 Å². The molecule has 0 radical (unpaired) electrons. The minimum atomic E-state index is -0.328. The molecule has 4 heterocycles. The first-order chi connectivity index (χ1) is 12.2. The molecule has 1 aliphatic rings. The van der Waals surface area contributed by atoms with Gasteiger partial charge >= 0.3 is 11.7 Å². The molecule has 0 saturated carbocycles. The number of nitrogens with one attached hydrogen (secondary N) is 1. The fourth-order valence-electron chi connectivity index (χ4n) is 2.77. The Morgan fingerprint density at radius 3 is 2.88 bits per heavy atom. The van der Waals surface area contributed by atoms with Crippen molar-refractivity contribution in [2.75, 3.05) is 18.9 Å². The zero-order chi connectivity index (χ0) is 17.2. The Labute approximate surface area is 142 Å². The highest BCUT2D eigenvalue weighted by molar-refractivity contribution is 5.81. The number of hydrogen-bond acceptors (Lipinski definition) is 7. The van der Waals surface area contributed by atoms with Gasteiger partial charge in [0.15, 0.2) is 11.5 Å². The van der Waals surface area contributed by atoms with Crippen LogP contribution in [0.1, 0.15) is 25.0 Å². The molecule has 0 aromatic carbocycles. The minimum absolute atomic E-state index is 0.172. The standard InChI is InChI=1S/C16H18N6O3/c17-13-12-14-21-15(20-13)25-7-3-1-2-6-24-11-4-5-18-10(8-11)9-22(14)16(23)19-12/h4-5,8H,1-3,6-7,9H2,(H,19,23)(H2,17,20,21). The van der Waals surface area contributed by atoms with E-state index in [0.717, 1.165) is 25.0 Å². The fraction of sp³-hybridized carbons (Fsp3) is 0.375. The van der Waals surface area contributed by atoms with Gasteiger partial charge in [0.05, 0.1) is 25.5 Å². The highest BCUT2D eigenvalue weighted by Gasteiger charge is 2.15. The lowest BCUT2D eigenvalue weighted by Crippen LogP contribution is -2.18. The maximum atomic E-state index is 12.3. The first kappa shape index (κ1) is 15.4. The third-order valence-corrected chi connectivity index (χ3v) is 4.03. The molecule has 130 valence electrons. The van der Waals surface area contributed by atoms with E-state index < -0.39 is 0 Å². The van der Waals surface area contributed by atoms with Crippen molar-refractivity contribution < 1.29 is 9.47 Å². The van der Waals surface area contributed by atoms with Crippen LogP contribution in [0.25, 0.3) is 11.2 Å². The van der Waals surface area contributed by atoms with E-state index in [9.17, 15) is 4.79 Å². The zero-order valence-corrected chi connectivity index (χ0v) is 13.6. The van der Waals surface area contributed by atoms with Crippen LogP contribution in [0.3, 0.4) is 0 Å². The summed E-state index contributed by atoms with van der Waals surface area (Å²) in [6.45, 7) is 1.34. The van der Waals surface area contributed by atoms with Gasteiger partial charge in [-0.15, -0.1) is 0 Å². The van der Waals surface area contributed by atoms with E-state index in [1.165, 1.54) is 4.57 Å². The van der Waals surface area contributed by atoms with Crippen LogP contribution >= 0.6 is 0 Å². The molecule has 1 aliphatic heterocycles. The number of rotatable bonds is 0. The predicted molar refractivity (Wildman–Crippen MR) is 90.7 cm³/mol. The summed E-state index contributed by atoms with van der Waals surface area (Å²) in [6.07, 6.45) is 4.40. The van der Waals surface area contributed by atoms with Gasteiger partial charge in [-0.05, 0) is 25.3 Å². The summed E-state index contributed by atoms with van der Waals surface area (Å²) in [6, 6.07) is 3.80. The summed E-state index contributed by atoms with van der Waals surface area (Å²) in [7, 11) is 0. The number of aromatic amines is 1. The van der Waals surface area contributed by atoms with Crippen molar-refractivity contribution in [1.29, 1.82) is 0 Å². The molecule has 0 fully saturated rings. The third-order valence-electron chi connectivity index (χ3n) is 4.03. The first-order valence-corrected chi connectivity index (χ1v) is 8.17. The molecule has 0 saturated heterocycles. The molecule has 9 heteroatoms. The average Bonchev–Trinajstić information content (AvgIpc) is 2.90. The lowest BCUT2D eigenvalue weighted by molar-refractivity contribution is 0.267. The Bertz CT molecular complexity index is 964. The van der Waals surface area contributed by atoms with Crippen molar-refractivity contribution in [1.82, 2.24) is 24.5 Å². The van der Waals surface area contributed by atoms with E-state index in [2.05, 4.69) is 19.9 Å². The Hall–Kier alpha value is -3.10. The number of pyridine rings is 1. The van der Waals surface area contributed by atoms with E-state index in [-0.39, 0.29) is 24.1 Å². The molecular formula is C16H18N6O3. The topological polar surface area (TPSA) is 121 Å². The van der Waals surface area contributed by atoms with Gasteiger partial charge in [0.2, 0.25) is 0 Å². The lowest BCUT2D eigenvalue weighted by Gasteiger charge is -2.07. The van der Waals surface area contributed by atoms with Crippen molar-refractivity contribution in [3.8, 4) is 11.8 Å². The van der Waals surface area contributed by atoms with Gasteiger partial charge in [-0.25, -0.2) is 4.79 Å². The molecule has 0 aliphatic carbocycles. The highest BCUT2D eigenvalue weighted by atomic mass is 16.5. The SMILES string of the molecule is Nc1nc2nc3c1[nH]c(=O)n3Cc1cc(ccn1)OCCCCCO2. The van der Waals surface area contributed by atoms with Gasteiger partial charge in [0.1, 0.15) is 11.3 Å². The molecule has 3 aromatic rings. The third kappa shape index (κ3) is 3.12. The van der Waals surface area contributed by atoms with E-state index in [4.69, 9.17) is 15.2 Å². The van der Waals surface area contributed by atoms with Gasteiger partial charge in [0, 0.05) is 12.3 Å². The lowest BCUT2D eigenvalue weighted by atomic mass is 10.2. The summed E-state index contributed by atoms with van der Waals surface area (Å²) in [5.74, 6) is 0.920. The van der Waals surface area contributed by atoms with Crippen LogP contribution in [-0.4, -0.2) is 37.7 Å². The van der Waals surface area contributed by atoms with Crippen LogP contribution < -0.4 is 20.9 Å². The number of nitrogen functional groups attached to an aromatic ring is 1. The van der Waals surface area contributed by atoms with Gasteiger partial charge in [-0.3, -0.25) is 9.55 Å². The van der Waals surface area contributed by atoms with E-state index >= 15 is 0 Å². The Kier molecular flexibility index (Phi) is 3.96. The smallest absolute Gasteiger partial charge is 0.328 e. The van der Waals surface area contributed by atoms with E-state index in [1.807, 2.05) is 6.07 Å². The van der Waals surface area contributed by atoms with Crippen LogP contribution in [0.2, 0.25) is 0 Å². The number of fused-ring (bicyclic) bond motifs is 3. The predicted octanol–water partition coefficient (Wildman–Crippen LogP) is 1.09. The second-order valence-corrected chi connectivity index (χ2v) is 5.85. The minimum Gasteiger partial charge on any atom is -0.493 e. The normalized spacial score (nSPS) is 15.2. The number of H-pyrrole nitrogens is 1. The number of anilines is 1. The Morgan fingerprint density at radius 2 is 2.00 bits per heavy atom. The van der Waals surface area contributed by atoms with Gasteiger partial charge in [-0.1, -0.05) is 0 Å². The number of nitrogens with two attached hydrogens (primary N) is 1. The van der Waals surface area contributed by atoms with Gasteiger partial charge in [0.25, 0.3) is 0 Å². The largest absolute Gasteiger partial charge is 0.493 e. The number of ether oxygens (including phenoxy) is 2. The monoisotopic (exact) mass is 342 g/mol. The maximum Gasteiger partial charge on any atom is 0.328 e. The first-order valence-electron chi connectivity index (χ1n) is 8.17. The molecule has 0 unspecified atom stereocenters. The summed E-state index contributed by atoms with van der Waals surface area (Å²) in [5.41, 5.74) is 7.10. The summed E-state index contributed by atoms with van der Waals surface area (Å²) in [5, 5.41) is 0. The summed E-state index contributed by atoms with van der Waals surface area (Å²) >= 11 is 0. The molecule has 0 atom stereocenters. The molecule has 4 rings (SSSR count). The average molecular weight is 342 g/mol. The molecular weight excluding hydrogens is 324 g/mol. The Morgan fingerprint density at radius 1 is 1.16 bits per heavy atom. The van der Waals surface area contributed by atoms with Crippen LogP contribution in [0, 0.1) is 0 Å². The second kappa shape index (κ2) is 6.42. The van der Waals surface area contributed by atoms with Crippen LogP contribution in [-0.2, 0) is 6.54 Å². The summed E-state index contributed by atoms with van der Waals surface area (Å²) in [4.78, 5) is 27.8. The van der Waals surface area contributed by atoms with Crippen LogP contribution in [0.5, 0.6) is 11.8 Å². The number of imidazole rings is 1. The van der Waals surface area contributed by atoms with Crippen molar-refractivity contribution in [3.63, 3.8) is 0 Å². The molecule has 9 nitrogen and oxygen atoms in total. The maximum absolute atomic E-state index is 12.3. The number of nitrogens with zero attached hydrogens (tertiary/aromatic N) is 4. The molecule has 0 spiro atoms. The second-order valence-electron chi connectivity index (χ2n) is 5.85. The van der Waals surface area contributed by atoms with E-state index in [1.54, 1.807) is 12.3 Å². The number of aromatic nitrogens is 5. The molecule has 0 amide bonds. The van der Waals surface area contributed by atoms with Crippen molar-refractivity contribution in [3.05, 3.63) is 34.5 Å². The molecule has 4 bridgehead atoms. The molecule has 3 aromatic heterocycles. The van der Waals surface area contributed by atoms with Gasteiger partial charge in [-0.2, -0.15) is 9.97 Å². The fourth-order valence-corrected chi connectivity index (χ4v) is 2.77. The molecule has 3 N–H and O–H groups in total. The summed E-state index contributed by atoms with van der Waals surface area (Å²) < 4.78 is 12.8. The zero-order valence-electron chi connectivity index (χ0n) is 13.6. The van der Waals surface area contributed by atoms with E-state index in [0.29, 0.717) is 30.1 Å². The van der Waals surface area contributed by atoms with Crippen molar-refractivity contribution in [2.45, 2.75) is 25.8 Å². The van der Waals surface area contributed by atoms with Crippen molar-refractivity contribution >= 4 is 17.0 Å². The number of hydrogen-bond donors (Lipinski definition) is 2.